The highest BCUT2D eigenvalue weighted by atomic mass is 35.5. The molecular formula is C17H23ClO2S. The quantitative estimate of drug-likeness (QED) is 0.342. The Kier molecular flexibility index (Phi) is 8.55. The third-order valence-electron chi connectivity index (χ3n) is 3.35. The van der Waals surface area contributed by atoms with E-state index in [1.807, 2.05) is 13.0 Å². The summed E-state index contributed by atoms with van der Waals surface area (Å²) in [5.74, 6) is -0.00952. The van der Waals surface area contributed by atoms with Crippen molar-refractivity contribution in [3.63, 3.8) is 0 Å². The van der Waals surface area contributed by atoms with Gasteiger partial charge in [0.1, 0.15) is 0 Å². The number of unbranched alkanes of at least 4 members (excludes halogenated alkanes) is 2. The van der Waals surface area contributed by atoms with Crippen LogP contribution in [-0.2, 0) is 4.74 Å². The van der Waals surface area contributed by atoms with E-state index in [2.05, 4.69) is 6.92 Å². The summed E-state index contributed by atoms with van der Waals surface area (Å²) in [5.41, 5.74) is 0.656. The molecule has 0 saturated heterocycles. The van der Waals surface area contributed by atoms with Crippen LogP contribution < -0.4 is 0 Å². The largest absolute Gasteiger partial charge is 0.487 e. The van der Waals surface area contributed by atoms with Crippen molar-refractivity contribution < 1.29 is 9.53 Å². The van der Waals surface area contributed by atoms with E-state index in [-0.39, 0.29) is 11.7 Å². The molecule has 21 heavy (non-hydrogen) atoms. The molecule has 0 saturated carbocycles. The Morgan fingerprint density at radius 2 is 2.10 bits per heavy atom. The van der Waals surface area contributed by atoms with E-state index in [1.165, 1.54) is 0 Å². The first-order valence-corrected chi connectivity index (χ1v) is 8.32. The average Bonchev–Trinajstić information content (AvgIpc) is 2.46. The second-order valence-electron chi connectivity index (χ2n) is 5.08. The average molecular weight is 327 g/mol. The van der Waals surface area contributed by atoms with Crippen LogP contribution in [0.5, 0.6) is 0 Å². The molecule has 116 valence electrons. The fourth-order valence-corrected chi connectivity index (χ4v) is 2.77. The molecule has 0 aromatic heterocycles. The van der Waals surface area contributed by atoms with E-state index in [0.717, 1.165) is 25.7 Å². The molecule has 0 amide bonds. The van der Waals surface area contributed by atoms with Crippen LogP contribution in [0.15, 0.2) is 24.3 Å². The zero-order valence-electron chi connectivity index (χ0n) is 12.7. The van der Waals surface area contributed by atoms with E-state index in [1.54, 1.807) is 18.2 Å². The van der Waals surface area contributed by atoms with Gasteiger partial charge in [-0.25, -0.2) is 0 Å². The van der Waals surface area contributed by atoms with Gasteiger partial charge in [-0.15, -0.1) is 0 Å². The predicted octanol–water partition coefficient (Wildman–Crippen LogP) is 5.47. The van der Waals surface area contributed by atoms with Crippen LogP contribution in [-0.4, -0.2) is 17.4 Å². The zero-order valence-corrected chi connectivity index (χ0v) is 14.3. The molecule has 1 aromatic carbocycles. The molecule has 0 N–H and O–H groups in total. The first kappa shape index (κ1) is 18.1. The van der Waals surface area contributed by atoms with Gasteiger partial charge in [0.25, 0.3) is 0 Å². The number of hydrogen-bond acceptors (Lipinski definition) is 3. The number of carbonyl (C=O) groups is 1. The minimum atomic E-state index is -0.117. The summed E-state index contributed by atoms with van der Waals surface area (Å²) in [4.78, 5) is 12.7. The topological polar surface area (TPSA) is 26.3 Å². The van der Waals surface area contributed by atoms with Gasteiger partial charge in [0.05, 0.1) is 6.61 Å². The number of carbonyl (C=O) groups excluding carboxylic acids is 1. The summed E-state index contributed by atoms with van der Waals surface area (Å²) in [6.07, 6.45) is 4.64. The molecule has 0 spiro atoms. The van der Waals surface area contributed by atoms with Crippen molar-refractivity contribution in [2.24, 2.45) is 5.92 Å². The van der Waals surface area contributed by atoms with Crippen molar-refractivity contribution >= 4 is 34.7 Å². The van der Waals surface area contributed by atoms with Crippen LogP contribution in [0.4, 0.5) is 0 Å². The number of hydrogen-bond donors (Lipinski definition) is 0. The monoisotopic (exact) mass is 326 g/mol. The van der Waals surface area contributed by atoms with E-state index in [9.17, 15) is 4.79 Å². The normalized spacial score (nSPS) is 12.0. The number of rotatable bonds is 9. The van der Waals surface area contributed by atoms with Gasteiger partial charge < -0.3 is 4.74 Å². The summed E-state index contributed by atoms with van der Waals surface area (Å²) in [6, 6.07) is 7.11. The van der Waals surface area contributed by atoms with Crippen LogP contribution in [0.1, 0.15) is 56.3 Å². The van der Waals surface area contributed by atoms with Gasteiger partial charge in [-0.05, 0) is 37.7 Å². The van der Waals surface area contributed by atoms with Gasteiger partial charge in [0.15, 0.2) is 10.8 Å². The molecule has 2 nitrogen and oxygen atoms in total. The van der Waals surface area contributed by atoms with E-state index >= 15 is 0 Å². The lowest BCUT2D eigenvalue weighted by molar-refractivity contribution is 0.0911. The van der Waals surface area contributed by atoms with Crippen molar-refractivity contribution in [3.05, 3.63) is 34.9 Å². The lowest BCUT2D eigenvalue weighted by Gasteiger charge is -2.16. The Balaban J connectivity index is 2.78. The van der Waals surface area contributed by atoms with Gasteiger partial charge >= 0.3 is 0 Å². The Morgan fingerprint density at radius 3 is 2.71 bits per heavy atom. The van der Waals surface area contributed by atoms with Crippen LogP contribution in [0.3, 0.4) is 0 Å². The third-order valence-corrected chi connectivity index (χ3v) is 3.87. The number of Topliss-reactive ketones (excluding diaryl/α,β-unsaturated/α-hetero) is 1. The summed E-state index contributed by atoms with van der Waals surface area (Å²) < 4.78 is 5.34. The van der Waals surface area contributed by atoms with Crippen molar-refractivity contribution in [1.29, 1.82) is 0 Å². The highest BCUT2D eigenvalue weighted by Crippen LogP contribution is 2.22. The first-order valence-electron chi connectivity index (χ1n) is 7.53. The maximum absolute atomic E-state index is 12.7. The predicted molar refractivity (Wildman–Crippen MR) is 92.3 cm³/mol. The molecule has 1 aromatic rings. The molecule has 0 aliphatic carbocycles. The number of ether oxygens (including phenoxy) is 1. The van der Waals surface area contributed by atoms with Gasteiger partial charge in [0, 0.05) is 22.9 Å². The van der Waals surface area contributed by atoms with Gasteiger partial charge in [-0.2, -0.15) is 0 Å². The van der Waals surface area contributed by atoms with Crippen molar-refractivity contribution in [2.45, 2.75) is 46.0 Å². The number of benzene rings is 1. The Morgan fingerprint density at radius 1 is 1.33 bits per heavy atom. The molecule has 0 bridgehead atoms. The van der Waals surface area contributed by atoms with Crippen molar-refractivity contribution in [3.8, 4) is 0 Å². The molecule has 1 rings (SSSR count). The van der Waals surface area contributed by atoms with E-state index in [0.29, 0.717) is 28.7 Å². The Bertz CT molecular complexity index is 474. The SMILES string of the molecule is CCCCCC(CC(=S)OCC)C(=O)c1cccc(Cl)c1. The maximum Gasteiger partial charge on any atom is 0.166 e. The zero-order chi connectivity index (χ0) is 15.7. The highest BCUT2D eigenvalue weighted by Gasteiger charge is 2.22. The third kappa shape index (κ3) is 6.58. The molecule has 0 aliphatic rings. The highest BCUT2D eigenvalue weighted by molar-refractivity contribution is 7.80. The van der Waals surface area contributed by atoms with Crippen LogP contribution >= 0.6 is 23.8 Å². The fourth-order valence-electron chi connectivity index (χ4n) is 2.27. The minimum Gasteiger partial charge on any atom is -0.487 e. The lowest BCUT2D eigenvalue weighted by atomic mass is 9.90. The van der Waals surface area contributed by atoms with Crippen molar-refractivity contribution in [2.75, 3.05) is 6.61 Å². The van der Waals surface area contributed by atoms with Gasteiger partial charge in [-0.1, -0.05) is 49.9 Å². The summed E-state index contributed by atoms with van der Waals surface area (Å²) in [5, 5.41) is 1.11. The van der Waals surface area contributed by atoms with E-state index < -0.39 is 0 Å². The Hall–Kier alpha value is -0.930. The minimum absolute atomic E-state index is 0.107. The molecule has 0 radical (unpaired) electrons. The van der Waals surface area contributed by atoms with Crippen LogP contribution in [0, 0.1) is 5.92 Å². The van der Waals surface area contributed by atoms with E-state index in [4.69, 9.17) is 28.6 Å². The lowest BCUT2D eigenvalue weighted by Crippen LogP contribution is -2.19. The standard InChI is InChI=1S/C17H23ClO2S/c1-3-5-6-8-14(12-16(21)20-4-2)17(19)13-9-7-10-15(18)11-13/h7,9-11,14H,3-6,8,12H2,1-2H3. The van der Waals surface area contributed by atoms with Crippen molar-refractivity contribution in [1.82, 2.24) is 0 Å². The molecular weight excluding hydrogens is 304 g/mol. The molecule has 4 heteroatoms. The van der Waals surface area contributed by atoms with Crippen LogP contribution in [0.2, 0.25) is 5.02 Å². The first-order chi connectivity index (χ1) is 10.1. The molecule has 0 heterocycles. The smallest absolute Gasteiger partial charge is 0.166 e. The maximum atomic E-state index is 12.7. The molecule has 0 aliphatic heterocycles. The molecule has 0 fully saturated rings. The molecule has 1 unspecified atom stereocenters. The second-order valence-corrected chi connectivity index (χ2v) is 5.97. The second kappa shape index (κ2) is 9.91. The van der Waals surface area contributed by atoms with Gasteiger partial charge in [0.2, 0.25) is 0 Å². The number of ketones is 1. The van der Waals surface area contributed by atoms with Gasteiger partial charge in [-0.3, -0.25) is 4.79 Å². The number of thiocarbonyl (C=S) groups is 1. The summed E-state index contributed by atoms with van der Waals surface area (Å²) >= 11 is 11.2. The fraction of sp³-hybridized carbons (Fsp3) is 0.529. The summed E-state index contributed by atoms with van der Waals surface area (Å²) in [6.45, 7) is 4.60. The Labute approximate surface area is 137 Å². The molecule has 1 atom stereocenters. The summed E-state index contributed by atoms with van der Waals surface area (Å²) in [7, 11) is 0. The number of halogens is 1. The van der Waals surface area contributed by atoms with Crippen LogP contribution in [0.25, 0.3) is 0 Å².